The van der Waals surface area contributed by atoms with Crippen LogP contribution in [0.4, 0.5) is 0 Å². The van der Waals surface area contributed by atoms with Gasteiger partial charge in [0.1, 0.15) is 5.54 Å². The molecule has 0 aliphatic carbocycles. The lowest BCUT2D eigenvalue weighted by atomic mass is 9.87. The number of aromatic nitrogens is 2. The first-order valence-electron chi connectivity index (χ1n) is 8.38. The second kappa shape index (κ2) is 8.47. The summed E-state index contributed by atoms with van der Waals surface area (Å²) in [4.78, 5) is 12.9. The lowest BCUT2D eigenvalue weighted by molar-refractivity contribution is -0.132. The number of piperidine rings is 1. The molecule has 1 saturated heterocycles. The molecule has 0 radical (unpaired) electrons. The molecule has 2 heterocycles. The summed E-state index contributed by atoms with van der Waals surface area (Å²) in [6, 6.07) is 9.50. The second-order valence-corrected chi connectivity index (χ2v) is 6.33. The van der Waals surface area contributed by atoms with Gasteiger partial charge in [-0.25, -0.2) is 0 Å². The van der Waals surface area contributed by atoms with Crippen LogP contribution in [0.3, 0.4) is 0 Å². The summed E-state index contributed by atoms with van der Waals surface area (Å²) in [5.74, 6) is 0.00676. The number of nitrogens with one attached hydrogen (secondary N) is 2. The zero-order valence-corrected chi connectivity index (χ0v) is 15.1. The van der Waals surface area contributed by atoms with Crippen molar-refractivity contribution in [2.45, 2.75) is 38.0 Å². The molecule has 1 unspecified atom stereocenters. The van der Waals surface area contributed by atoms with E-state index in [1.807, 2.05) is 36.5 Å². The molecule has 1 amide bonds. The van der Waals surface area contributed by atoms with Crippen molar-refractivity contribution in [3.63, 3.8) is 0 Å². The number of nitrogens with zero attached hydrogens (tertiary/aromatic N) is 2. The smallest absolute Gasteiger partial charge is 0.248 e. The van der Waals surface area contributed by atoms with E-state index in [9.17, 15) is 9.90 Å². The number of hydrogen-bond acceptors (Lipinski definition) is 4. The third-order valence-electron chi connectivity index (χ3n) is 4.71. The lowest BCUT2D eigenvalue weighted by Gasteiger charge is -2.36. The summed E-state index contributed by atoms with van der Waals surface area (Å²) in [6.45, 7) is 3.81. The van der Waals surface area contributed by atoms with Crippen molar-refractivity contribution >= 4 is 18.3 Å². The van der Waals surface area contributed by atoms with Crippen molar-refractivity contribution < 1.29 is 9.90 Å². The standard InChI is InChI=1S/C18H24N4O2.ClH/c1-14(23)16-5-3-15(4-6-16)13-20-17(24)18(7-10-19-11-8-18)22-12-2-9-21-22;/h2-6,9,12,14,19,23H,7-8,10-11,13H2,1H3,(H,20,24);1H. The van der Waals surface area contributed by atoms with Crippen LogP contribution < -0.4 is 10.6 Å². The Hall–Kier alpha value is -1.89. The van der Waals surface area contributed by atoms with Gasteiger partial charge in [-0.2, -0.15) is 5.10 Å². The molecule has 1 aliphatic heterocycles. The van der Waals surface area contributed by atoms with Crippen molar-refractivity contribution in [1.82, 2.24) is 20.4 Å². The Morgan fingerprint density at radius 3 is 2.60 bits per heavy atom. The van der Waals surface area contributed by atoms with E-state index in [1.54, 1.807) is 17.8 Å². The highest BCUT2D eigenvalue weighted by molar-refractivity contribution is 5.85. The number of aliphatic hydroxyl groups excluding tert-OH is 1. The van der Waals surface area contributed by atoms with Crippen molar-refractivity contribution in [2.75, 3.05) is 13.1 Å². The first-order chi connectivity index (χ1) is 11.6. The first kappa shape index (κ1) is 19.4. The molecule has 1 fully saturated rings. The van der Waals surface area contributed by atoms with Crippen LogP contribution in [0, 0.1) is 0 Å². The van der Waals surface area contributed by atoms with Crippen LogP contribution in [0.5, 0.6) is 0 Å². The van der Waals surface area contributed by atoms with Gasteiger partial charge < -0.3 is 15.7 Å². The highest BCUT2D eigenvalue weighted by atomic mass is 35.5. The van der Waals surface area contributed by atoms with Crippen LogP contribution in [-0.2, 0) is 16.9 Å². The van der Waals surface area contributed by atoms with Crippen LogP contribution in [0.15, 0.2) is 42.7 Å². The average molecular weight is 365 g/mol. The molecule has 3 rings (SSSR count). The molecule has 0 bridgehead atoms. The Morgan fingerprint density at radius 2 is 2.04 bits per heavy atom. The monoisotopic (exact) mass is 364 g/mol. The van der Waals surface area contributed by atoms with E-state index in [-0.39, 0.29) is 18.3 Å². The van der Waals surface area contributed by atoms with Gasteiger partial charge >= 0.3 is 0 Å². The molecule has 7 heteroatoms. The van der Waals surface area contributed by atoms with E-state index in [0.29, 0.717) is 6.54 Å². The Labute approximate surface area is 154 Å². The predicted molar refractivity (Wildman–Crippen MR) is 98.5 cm³/mol. The van der Waals surface area contributed by atoms with Crippen molar-refractivity contribution in [2.24, 2.45) is 0 Å². The summed E-state index contributed by atoms with van der Waals surface area (Å²) in [7, 11) is 0. The van der Waals surface area contributed by atoms with Gasteiger partial charge in [-0.1, -0.05) is 24.3 Å². The molecule has 1 atom stereocenters. The lowest BCUT2D eigenvalue weighted by Crippen LogP contribution is -2.54. The summed E-state index contributed by atoms with van der Waals surface area (Å²) < 4.78 is 1.79. The Balaban J connectivity index is 0.00000225. The average Bonchev–Trinajstić information content (AvgIpc) is 3.15. The maximum Gasteiger partial charge on any atom is 0.248 e. The van der Waals surface area contributed by atoms with Gasteiger partial charge in [0.15, 0.2) is 0 Å². The quantitative estimate of drug-likeness (QED) is 0.755. The number of rotatable bonds is 5. The molecule has 1 aromatic heterocycles. The molecule has 3 N–H and O–H groups in total. The molecular formula is C18H25ClN4O2. The van der Waals surface area contributed by atoms with Crippen LogP contribution in [-0.4, -0.2) is 33.9 Å². The summed E-state index contributed by atoms with van der Waals surface area (Å²) in [6.07, 6.45) is 4.54. The Bertz CT molecular complexity index is 665. The second-order valence-electron chi connectivity index (χ2n) is 6.33. The summed E-state index contributed by atoms with van der Waals surface area (Å²) in [5.41, 5.74) is 1.27. The van der Waals surface area contributed by atoms with Gasteiger partial charge in [-0.15, -0.1) is 12.4 Å². The minimum absolute atomic E-state index is 0. The molecular weight excluding hydrogens is 340 g/mol. The van der Waals surface area contributed by atoms with E-state index in [4.69, 9.17) is 0 Å². The molecule has 6 nitrogen and oxygen atoms in total. The van der Waals surface area contributed by atoms with Crippen molar-refractivity contribution in [3.8, 4) is 0 Å². The fraction of sp³-hybridized carbons (Fsp3) is 0.444. The van der Waals surface area contributed by atoms with E-state index in [1.165, 1.54) is 0 Å². The number of benzene rings is 1. The van der Waals surface area contributed by atoms with Gasteiger partial charge in [-0.3, -0.25) is 9.48 Å². The minimum Gasteiger partial charge on any atom is -0.389 e. The number of aliphatic hydroxyl groups is 1. The molecule has 136 valence electrons. The normalized spacial score (nSPS) is 17.4. The Kier molecular flexibility index (Phi) is 6.58. The molecule has 1 aromatic carbocycles. The molecule has 1 aliphatic rings. The van der Waals surface area contributed by atoms with Gasteiger partial charge in [0.05, 0.1) is 6.10 Å². The zero-order chi connectivity index (χ0) is 17.0. The van der Waals surface area contributed by atoms with E-state index in [0.717, 1.165) is 37.1 Å². The van der Waals surface area contributed by atoms with Gasteiger partial charge in [0, 0.05) is 18.9 Å². The minimum atomic E-state index is -0.617. The van der Waals surface area contributed by atoms with Crippen LogP contribution in [0.1, 0.15) is 37.0 Å². The number of carbonyl (C=O) groups excluding carboxylic acids is 1. The topological polar surface area (TPSA) is 79.2 Å². The molecule has 0 spiro atoms. The maximum absolute atomic E-state index is 12.9. The van der Waals surface area contributed by atoms with Crippen LogP contribution >= 0.6 is 12.4 Å². The van der Waals surface area contributed by atoms with Crippen molar-refractivity contribution in [1.29, 1.82) is 0 Å². The Morgan fingerprint density at radius 1 is 1.36 bits per heavy atom. The summed E-state index contributed by atoms with van der Waals surface area (Å²) >= 11 is 0. The van der Waals surface area contributed by atoms with Crippen LogP contribution in [0.2, 0.25) is 0 Å². The molecule has 25 heavy (non-hydrogen) atoms. The predicted octanol–water partition coefficient (Wildman–Crippen LogP) is 1.75. The largest absolute Gasteiger partial charge is 0.389 e. The van der Waals surface area contributed by atoms with Crippen molar-refractivity contribution in [3.05, 3.63) is 53.9 Å². The third kappa shape index (κ3) is 4.21. The molecule has 0 saturated carbocycles. The number of halogens is 1. The fourth-order valence-corrected chi connectivity index (χ4v) is 3.18. The first-order valence-corrected chi connectivity index (χ1v) is 8.38. The van der Waals surface area contributed by atoms with Gasteiger partial charge in [0.25, 0.3) is 0 Å². The van der Waals surface area contributed by atoms with E-state index in [2.05, 4.69) is 15.7 Å². The highest BCUT2D eigenvalue weighted by Gasteiger charge is 2.41. The fourth-order valence-electron chi connectivity index (χ4n) is 3.18. The maximum atomic E-state index is 12.9. The number of amides is 1. The van der Waals surface area contributed by atoms with Gasteiger partial charge in [0.2, 0.25) is 5.91 Å². The van der Waals surface area contributed by atoms with E-state index >= 15 is 0 Å². The van der Waals surface area contributed by atoms with Crippen LogP contribution in [0.25, 0.3) is 0 Å². The number of carbonyl (C=O) groups is 1. The zero-order valence-electron chi connectivity index (χ0n) is 14.3. The highest BCUT2D eigenvalue weighted by Crippen LogP contribution is 2.27. The van der Waals surface area contributed by atoms with Gasteiger partial charge in [-0.05, 0) is 50.0 Å². The molecule has 2 aromatic rings. The third-order valence-corrected chi connectivity index (χ3v) is 4.71. The summed E-state index contributed by atoms with van der Waals surface area (Å²) in [5, 5.41) is 20.2. The van der Waals surface area contributed by atoms with E-state index < -0.39 is 11.6 Å². The SMILES string of the molecule is CC(O)c1ccc(CNC(=O)C2(n3cccn3)CCNCC2)cc1.Cl. The number of hydrogen-bond donors (Lipinski definition) is 3.